The van der Waals surface area contributed by atoms with Crippen LogP contribution in [0.5, 0.6) is 0 Å². The first-order chi connectivity index (χ1) is 8.75. The first-order valence-electron chi connectivity index (χ1n) is 6.90. The molecule has 0 amide bonds. The van der Waals surface area contributed by atoms with E-state index in [9.17, 15) is 5.11 Å². The van der Waals surface area contributed by atoms with Crippen LogP contribution in [0.25, 0.3) is 11.0 Å². The van der Waals surface area contributed by atoms with Crippen molar-refractivity contribution < 1.29 is 9.52 Å². The molecule has 1 aliphatic carbocycles. The number of hydrogen-bond acceptors (Lipinski definition) is 2. The first kappa shape index (κ1) is 11.8. The fraction of sp³-hybridized carbons (Fsp3) is 0.500. The van der Waals surface area contributed by atoms with E-state index in [0.29, 0.717) is 5.92 Å². The number of para-hydroxylation sites is 1. The number of hydrogen-bond donors (Lipinski definition) is 1. The summed E-state index contributed by atoms with van der Waals surface area (Å²) in [6.07, 6.45) is 6.08. The summed E-state index contributed by atoms with van der Waals surface area (Å²) >= 11 is 0. The lowest BCUT2D eigenvalue weighted by Crippen LogP contribution is -2.19. The Kier molecular flexibility index (Phi) is 3.13. The maximum atomic E-state index is 10.6. The van der Waals surface area contributed by atoms with Crippen LogP contribution in [0.3, 0.4) is 0 Å². The first-order valence-corrected chi connectivity index (χ1v) is 6.90. The number of furan rings is 1. The van der Waals surface area contributed by atoms with Crippen molar-refractivity contribution >= 4 is 11.0 Å². The van der Waals surface area contributed by atoms with Crippen LogP contribution in [0.15, 0.2) is 34.9 Å². The van der Waals surface area contributed by atoms with E-state index in [0.717, 1.165) is 35.3 Å². The van der Waals surface area contributed by atoms with Gasteiger partial charge in [-0.3, -0.25) is 0 Å². The van der Waals surface area contributed by atoms with Crippen molar-refractivity contribution in [3.63, 3.8) is 0 Å². The van der Waals surface area contributed by atoms with Crippen LogP contribution >= 0.6 is 0 Å². The normalized spacial score (nSPS) is 26.3. The molecular formula is C16H20O2. The minimum absolute atomic E-state index is 0.374. The summed E-state index contributed by atoms with van der Waals surface area (Å²) in [5.41, 5.74) is 1.83. The highest BCUT2D eigenvalue weighted by atomic mass is 16.3. The van der Waals surface area contributed by atoms with Gasteiger partial charge >= 0.3 is 0 Å². The summed E-state index contributed by atoms with van der Waals surface area (Å²) in [6, 6.07) is 7.94. The van der Waals surface area contributed by atoms with Gasteiger partial charge in [-0.15, -0.1) is 0 Å². The lowest BCUT2D eigenvalue weighted by Gasteiger charge is -2.29. The Bertz CT molecular complexity index is 521. The number of aliphatic hydroxyl groups is 1. The van der Waals surface area contributed by atoms with Crippen molar-refractivity contribution in [2.45, 2.75) is 38.7 Å². The standard InChI is InChI=1S/C16H20O2/c1-11-6-8-12(9-7-11)16(17)14-10-18-15-5-3-2-4-13(14)15/h2-5,10-12,16-17H,6-9H2,1H3. The van der Waals surface area contributed by atoms with Gasteiger partial charge in [-0.05, 0) is 30.7 Å². The zero-order valence-corrected chi connectivity index (χ0v) is 10.8. The van der Waals surface area contributed by atoms with Crippen LogP contribution in [-0.2, 0) is 0 Å². The summed E-state index contributed by atoms with van der Waals surface area (Å²) in [5.74, 6) is 1.21. The monoisotopic (exact) mass is 244 g/mol. The van der Waals surface area contributed by atoms with Gasteiger partial charge in [0.1, 0.15) is 5.58 Å². The minimum Gasteiger partial charge on any atom is -0.464 e. The molecule has 0 aliphatic heterocycles. The third-order valence-corrected chi connectivity index (χ3v) is 4.34. The van der Waals surface area contributed by atoms with Gasteiger partial charge in [0.25, 0.3) is 0 Å². The molecule has 1 saturated carbocycles. The van der Waals surface area contributed by atoms with Crippen molar-refractivity contribution in [2.24, 2.45) is 11.8 Å². The number of benzene rings is 1. The second-order valence-electron chi connectivity index (χ2n) is 5.65. The second-order valence-corrected chi connectivity index (χ2v) is 5.65. The highest BCUT2D eigenvalue weighted by molar-refractivity contribution is 5.81. The van der Waals surface area contributed by atoms with Gasteiger partial charge < -0.3 is 9.52 Å². The molecular weight excluding hydrogens is 224 g/mol. The third kappa shape index (κ3) is 2.05. The van der Waals surface area contributed by atoms with E-state index in [1.807, 2.05) is 24.3 Å². The highest BCUT2D eigenvalue weighted by Gasteiger charge is 2.27. The van der Waals surface area contributed by atoms with Crippen molar-refractivity contribution in [1.82, 2.24) is 0 Å². The Balaban J connectivity index is 1.85. The number of fused-ring (bicyclic) bond motifs is 1. The van der Waals surface area contributed by atoms with Crippen molar-refractivity contribution in [1.29, 1.82) is 0 Å². The van der Waals surface area contributed by atoms with Crippen LogP contribution in [0.2, 0.25) is 0 Å². The molecule has 1 heterocycles. The van der Waals surface area contributed by atoms with Gasteiger partial charge in [-0.2, -0.15) is 0 Å². The lowest BCUT2D eigenvalue weighted by molar-refractivity contribution is 0.0760. The predicted molar refractivity (Wildman–Crippen MR) is 72.3 cm³/mol. The molecule has 2 aromatic rings. The summed E-state index contributed by atoms with van der Waals surface area (Å²) in [5, 5.41) is 11.6. The Morgan fingerprint density at radius 2 is 1.89 bits per heavy atom. The fourth-order valence-corrected chi connectivity index (χ4v) is 3.08. The molecule has 1 aromatic carbocycles. The Morgan fingerprint density at radius 3 is 2.67 bits per heavy atom. The number of rotatable bonds is 2. The van der Waals surface area contributed by atoms with E-state index in [4.69, 9.17) is 4.42 Å². The zero-order valence-electron chi connectivity index (χ0n) is 10.8. The molecule has 1 fully saturated rings. The van der Waals surface area contributed by atoms with Crippen LogP contribution in [0.4, 0.5) is 0 Å². The molecule has 1 aliphatic rings. The summed E-state index contributed by atoms with van der Waals surface area (Å²) in [6.45, 7) is 2.30. The summed E-state index contributed by atoms with van der Waals surface area (Å²) < 4.78 is 5.52. The topological polar surface area (TPSA) is 33.4 Å². The molecule has 1 N–H and O–H groups in total. The molecule has 2 heteroatoms. The van der Waals surface area contributed by atoms with E-state index >= 15 is 0 Å². The van der Waals surface area contributed by atoms with Gasteiger partial charge in [0, 0.05) is 10.9 Å². The molecule has 3 rings (SSSR count). The fourth-order valence-electron chi connectivity index (χ4n) is 3.08. The van der Waals surface area contributed by atoms with Crippen LogP contribution < -0.4 is 0 Å². The van der Waals surface area contributed by atoms with Crippen molar-refractivity contribution in [2.75, 3.05) is 0 Å². The predicted octanol–water partition coefficient (Wildman–Crippen LogP) is 4.29. The van der Waals surface area contributed by atoms with Crippen molar-refractivity contribution in [3.05, 3.63) is 36.1 Å². The van der Waals surface area contributed by atoms with E-state index in [1.165, 1.54) is 12.8 Å². The lowest BCUT2D eigenvalue weighted by atomic mass is 9.78. The third-order valence-electron chi connectivity index (χ3n) is 4.34. The van der Waals surface area contributed by atoms with Gasteiger partial charge in [0.05, 0.1) is 12.4 Å². The second kappa shape index (κ2) is 4.77. The Hall–Kier alpha value is -1.28. The van der Waals surface area contributed by atoms with Crippen LogP contribution in [0.1, 0.15) is 44.3 Å². The van der Waals surface area contributed by atoms with Gasteiger partial charge in [-0.25, -0.2) is 0 Å². The van der Waals surface area contributed by atoms with E-state index in [1.54, 1.807) is 6.26 Å². The SMILES string of the molecule is CC1CCC(C(O)c2coc3ccccc23)CC1. The van der Waals surface area contributed by atoms with E-state index in [2.05, 4.69) is 6.92 Å². The molecule has 96 valence electrons. The van der Waals surface area contributed by atoms with Crippen LogP contribution in [-0.4, -0.2) is 5.11 Å². The number of aliphatic hydroxyl groups excluding tert-OH is 1. The Morgan fingerprint density at radius 1 is 1.17 bits per heavy atom. The molecule has 0 bridgehead atoms. The van der Waals surface area contributed by atoms with Gasteiger partial charge in [0.15, 0.2) is 0 Å². The molecule has 2 nitrogen and oxygen atoms in total. The maximum Gasteiger partial charge on any atom is 0.134 e. The molecule has 1 unspecified atom stereocenters. The molecule has 18 heavy (non-hydrogen) atoms. The zero-order chi connectivity index (χ0) is 12.5. The maximum absolute atomic E-state index is 10.6. The van der Waals surface area contributed by atoms with Crippen LogP contribution in [0, 0.1) is 11.8 Å². The van der Waals surface area contributed by atoms with Crippen molar-refractivity contribution in [3.8, 4) is 0 Å². The molecule has 1 atom stereocenters. The molecule has 0 radical (unpaired) electrons. The van der Waals surface area contributed by atoms with Gasteiger partial charge in [-0.1, -0.05) is 38.0 Å². The van der Waals surface area contributed by atoms with E-state index in [-0.39, 0.29) is 6.10 Å². The smallest absolute Gasteiger partial charge is 0.134 e. The average Bonchev–Trinajstić information content (AvgIpc) is 2.82. The molecule has 1 aromatic heterocycles. The van der Waals surface area contributed by atoms with Gasteiger partial charge in [0.2, 0.25) is 0 Å². The average molecular weight is 244 g/mol. The largest absolute Gasteiger partial charge is 0.464 e. The summed E-state index contributed by atoms with van der Waals surface area (Å²) in [4.78, 5) is 0. The quantitative estimate of drug-likeness (QED) is 0.854. The summed E-state index contributed by atoms with van der Waals surface area (Å²) in [7, 11) is 0. The molecule has 0 saturated heterocycles. The van der Waals surface area contributed by atoms with E-state index < -0.39 is 0 Å². The molecule has 0 spiro atoms. The minimum atomic E-state index is -0.374. The highest BCUT2D eigenvalue weighted by Crippen LogP contribution is 2.39. The Labute approximate surface area is 108 Å².